The first-order chi connectivity index (χ1) is 10.5. The Kier molecular flexibility index (Phi) is 5.37. The first-order valence-corrected chi connectivity index (χ1v) is 9.23. The molecule has 1 aromatic carbocycles. The van der Waals surface area contributed by atoms with Crippen molar-refractivity contribution < 1.29 is 0 Å². The van der Waals surface area contributed by atoms with Crippen LogP contribution in [0, 0.1) is 24.7 Å². The van der Waals surface area contributed by atoms with Crippen molar-refractivity contribution in [2.24, 2.45) is 17.8 Å². The van der Waals surface area contributed by atoms with Crippen LogP contribution in [0.15, 0.2) is 24.3 Å². The molecular weight excluding hydrogens is 266 g/mol. The summed E-state index contributed by atoms with van der Waals surface area (Å²) in [6.07, 6.45) is 2.69. The number of hydrogen-bond donors (Lipinski definition) is 0. The van der Waals surface area contributed by atoms with Crippen LogP contribution in [0.5, 0.6) is 0 Å². The van der Waals surface area contributed by atoms with Crippen LogP contribution in [0.4, 0.5) is 0 Å². The smallest absolute Gasteiger partial charge is 0.0154 e. The molecule has 2 fully saturated rings. The summed E-state index contributed by atoms with van der Waals surface area (Å²) in [6.45, 7) is 14.9. The van der Waals surface area contributed by atoms with Gasteiger partial charge in [0.05, 0.1) is 0 Å². The lowest BCUT2D eigenvalue weighted by Crippen LogP contribution is -2.61. The molecule has 1 aliphatic heterocycles. The summed E-state index contributed by atoms with van der Waals surface area (Å²) in [5.41, 5.74) is 3.42. The largest absolute Gasteiger partial charge is 0.303 e. The normalized spacial score (nSPS) is 38.1. The fourth-order valence-corrected chi connectivity index (χ4v) is 5.18. The van der Waals surface area contributed by atoms with Gasteiger partial charge in [0.1, 0.15) is 0 Å². The zero-order chi connectivity index (χ0) is 16.5. The third-order valence-corrected chi connectivity index (χ3v) is 6.52. The number of likely N-dealkylation sites (tertiary alicyclic amines) is 1. The molecule has 2 unspecified atom stereocenters. The van der Waals surface area contributed by atoms with Crippen LogP contribution in [0.3, 0.4) is 0 Å². The molecule has 1 aliphatic carbocycles. The number of benzene rings is 1. The lowest BCUT2D eigenvalue weighted by atomic mass is 9.52. The minimum absolute atomic E-state index is 0.412. The predicted octanol–water partition coefficient (Wildman–Crippen LogP) is 5.28. The summed E-state index contributed by atoms with van der Waals surface area (Å²) in [7, 11) is 2.33. The van der Waals surface area contributed by atoms with E-state index < -0.39 is 0 Å². The van der Waals surface area contributed by atoms with Crippen molar-refractivity contribution in [2.45, 2.75) is 65.8 Å². The van der Waals surface area contributed by atoms with E-state index in [1.807, 2.05) is 13.8 Å². The molecule has 124 valence electrons. The highest BCUT2D eigenvalue weighted by molar-refractivity contribution is 5.33. The molecule has 3 rings (SSSR count). The average molecular weight is 302 g/mol. The molecule has 0 aromatic heterocycles. The van der Waals surface area contributed by atoms with E-state index >= 15 is 0 Å². The molecule has 1 saturated carbocycles. The zero-order valence-electron chi connectivity index (χ0n) is 15.7. The molecule has 2 aliphatic rings. The highest BCUT2D eigenvalue weighted by atomic mass is 15.2. The molecule has 1 saturated heterocycles. The van der Waals surface area contributed by atoms with Crippen LogP contribution in [0.25, 0.3) is 0 Å². The van der Waals surface area contributed by atoms with Crippen molar-refractivity contribution in [1.82, 2.24) is 4.90 Å². The molecular formula is C21H35N. The summed E-state index contributed by atoms with van der Waals surface area (Å²) >= 11 is 0. The Morgan fingerprint density at radius 2 is 1.82 bits per heavy atom. The number of nitrogens with zero attached hydrogens (tertiary/aromatic N) is 1. The van der Waals surface area contributed by atoms with Gasteiger partial charge in [-0.3, -0.25) is 0 Å². The van der Waals surface area contributed by atoms with E-state index in [4.69, 9.17) is 0 Å². The molecule has 1 heteroatoms. The van der Waals surface area contributed by atoms with Crippen molar-refractivity contribution in [3.05, 3.63) is 35.4 Å². The van der Waals surface area contributed by atoms with E-state index in [0.717, 1.165) is 23.8 Å². The Morgan fingerprint density at radius 3 is 2.45 bits per heavy atom. The van der Waals surface area contributed by atoms with Crippen LogP contribution in [-0.4, -0.2) is 24.5 Å². The van der Waals surface area contributed by atoms with Gasteiger partial charge < -0.3 is 4.90 Å². The summed E-state index contributed by atoms with van der Waals surface area (Å²) in [4.78, 5) is 2.62. The van der Waals surface area contributed by atoms with Gasteiger partial charge in [-0.05, 0) is 56.7 Å². The molecule has 22 heavy (non-hydrogen) atoms. The monoisotopic (exact) mass is 301 g/mol. The van der Waals surface area contributed by atoms with E-state index in [0.29, 0.717) is 5.41 Å². The number of piperidine rings is 1. The van der Waals surface area contributed by atoms with Gasteiger partial charge in [-0.25, -0.2) is 0 Å². The Bertz CT molecular complexity index is 494. The second-order valence-corrected chi connectivity index (χ2v) is 7.58. The van der Waals surface area contributed by atoms with E-state index in [2.05, 4.69) is 63.9 Å². The van der Waals surface area contributed by atoms with Crippen molar-refractivity contribution in [2.75, 3.05) is 13.6 Å². The van der Waals surface area contributed by atoms with Crippen LogP contribution in [-0.2, 0) is 5.41 Å². The zero-order valence-corrected chi connectivity index (χ0v) is 15.7. The van der Waals surface area contributed by atoms with Gasteiger partial charge in [-0.1, -0.05) is 64.4 Å². The van der Waals surface area contributed by atoms with Crippen LogP contribution in [0.2, 0.25) is 0 Å². The van der Waals surface area contributed by atoms with E-state index in [1.54, 1.807) is 5.56 Å². The van der Waals surface area contributed by atoms with Gasteiger partial charge in [0.15, 0.2) is 0 Å². The Morgan fingerprint density at radius 1 is 1.14 bits per heavy atom. The molecule has 1 nitrogen and oxygen atoms in total. The second-order valence-electron chi connectivity index (χ2n) is 7.58. The highest BCUT2D eigenvalue weighted by Gasteiger charge is 2.53. The summed E-state index contributed by atoms with van der Waals surface area (Å²) in [5.74, 6) is 2.39. The minimum Gasteiger partial charge on any atom is -0.303 e. The van der Waals surface area contributed by atoms with Gasteiger partial charge in [-0.2, -0.15) is 0 Å². The maximum Gasteiger partial charge on any atom is 0.0154 e. The van der Waals surface area contributed by atoms with Crippen LogP contribution >= 0.6 is 0 Å². The fourth-order valence-electron chi connectivity index (χ4n) is 5.18. The van der Waals surface area contributed by atoms with Crippen molar-refractivity contribution in [3.63, 3.8) is 0 Å². The number of hydrogen-bond acceptors (Lipinski definition) is 1. The average Bonchev–Trinajstić information content (AvgIpc) is 2.51. The van der Waals surface area contributed by atoms with Crippen molar-refractivity contribution in [3.8, 4) is 0 Å². The molecule has 0 radical (unpaired) electrons. The van der Waals surface area contributed by atoms with Crippen LogP contribution < -0.4 is 0 Å². The number of aryl methyl sites for hydroxylation is 1. The topological polar surface area (TPSA) is 3.24 Å². The molecule has 0 amide bonds. The third-order valence-electron chi connectivity index (χ3n) is 6.52. The van der Waals surface area contributed by atoms with E-state index in [9.17, 15) is 0 Å². The highest BCUT2D eigenvalue weighted by Crippen LogP contribution is 2.54. The molecule has 1 aromatic rings. The first kappa shape index (κ1) is 17.5. The molecule has 2 bridgehead atoms. The molecule has 0 N–H and O–H groups in total. The lowest BCUT2D eigenvalue weighted by Gasteiger charge is -2.59. The standard InChI is InChI=1S/C19H29N.C2H6/c1-13-7-6-8-17(11-13)19-9-10-20(5)18(16(19)4)15(3)14(2)12-19;1-2/h6-8,11,14-16,18H,9-10,12H2,1-5H3;1-2H3/t14?,15?,16-,18-,19-;/m0./s1. The van der Waals surface area contributed by atoms with Gasteiger partial charge in [0.2, 0.25) is 0 Å². The summed E-state index contributed by atoms with van der Waals surface area (Å²) in [5, 5.41) is 0. The summed E-state index contributed by atoms with van der Waals surface area (Å²) < 4.78 is 0. The minimum atomic E-state index is 0.412. The quantitative estimate of drug-likeness (QED) is 0.682. The lowest BCUT2D eigenvalue weighted by molar-refractivity contribution is -0.0458. The predicted molar refractivity (Wildman–Crippen MR) is 97.3 cm³/mol. The molecule has 5 atom stereocenters. The molecule has 0 spiro atoms. The second kappa shape index (κ2) is 6.74. The Labute approximate surface area is 138 Å². The maximum atomic E-state index is 2.62. The Hall–Kier alpha value is -0.820. The van der Waals surface area contributed by atoms with E-state index in [-0.39, 0.29) is 0 Å². The fraction of sp³-hybridized carbons (Fsp3) is 0.714. The van der Waals surface area contributed by atoms with Gasteiger partial charge in [-0.15, -0.1) is 0 Å². The van der Waals surface area contributed by atoms with Gasteiger partial charge >= 0.3 is 0 Å². The maximum absolute atomic E-state index is 2.62. The van der Waals surface area contributed by atoms with Gasteiger partial charge in [0, 0.05) is 11.5 Å². The van der Waals surface area contributed by atoms with Crippen molar-refractivity contribution >= 4 is 0 Å². The third kappa shape index (κ3) is 2.73. The van der Waals surface area contributed by atoms with Gasteiger partial charge in [0.25, 0.3) is 0 Å². The molecule has 1 heterocycles. The first-order valence-electron chi connectivity index (χ1n) is 9.23. The van der Waals surface area contributed by atoms with Crippen molar-refractivity contribution in [1.29, 1.82) is 0 Å². The SMILES string of the molecule is CC.Cc1cccc([C@@]23CCN(C)[C@@H](C(C)C(C)C2)[C@@H]3C)c1. The Balaban J connectivity index is 0.000000847. The summed E-state index contributed by atoms with van der Waals surface area (Å²) in [6, 6.07) is 10.1. The van der Waals surface area contributed by atoms with E-state index in [1.165, 1.54) is 24.9 Å². The van der Waals surface area contributed by atoms with Crippen LogP contribution in [0.1, 0.15) is 58.6 Å². The number of fused-ring (bicyclic) bond motifs is 2. The number of rotatable bonds is 1.